The molecule has 1 aromatic rings. The first-order chi connectivity index (χ1) is 11.0. The number of piperazine rings is 1. The van der Waals surface area contributed by atoms with Gasteiger partial charge in [-0.2, -0.15) is 0 Å². The Labute approximate surface area is 145 Å². The van der Waals surface area contributed by atoms with Crippen LogP contribution in [0.1, 0.15) is 0 Å². The molecule has 8 heteroatoms. The third-order valence-electron chi connectivity index (χ3n) is 3.55. The van der Waals surface area contributed by atoms with Crippen LogP contribution >= 0.6 is 23.2 Å². The monoisotopic (exact) mass is 359 g/mol. The van der Waals surface area contributed by atoms with Gasteiger partial charge in [0.1, 0.15) is 5.75 Å². The van der Waals surface area contributed by atoms with E-state index in [4.69, 9.17) is 27.9 Å². The van der Waals surface area contributed by atoms with Crippen molar-refractivity contribution in [2.75, 3.05) is 46.4 Å². The summed E-state index contributed by atoms with van der Waals surface area (Å²) < 4.78 is 5.31. The van der Waals surface area contributed by atoms with E-state index in [0.29, 0.717) is 28.9 Å². The van der Waals surface area contributed by atoms with Crippen molar-refractivity contribution in [1.82, 2.24) is 15.1 Å². The number of nitrogens with zero attached hydrogens (tertiary/aromatic N) is 2. The summed E-state index contributed by atoms with van der Waals surface area (Å²) in [5.41, 5.74) is 0. The van der Waals surface area contributed by atoms with Crippen molar-refractivity contribution in [2.45, 2.75) is 0 Å². The predicted octanol–water partition coefficient (Wildman–Crippen LogP) is 1.26. The average Bonchev–Trinajstić information content (AvgIpc) is 2.52. The van der Waals surface area contributed by atoms with Crippen molar-refractivity contribution in [3.05, 3.63) is 28.2 Å². The van der Waals surface area contributed by atoms with E-state index in [1.807, 2.05) is 7.05 Å². The molecule has 6 nitrogen and oxygen atoms in total. The molecule has 23 heavy (non-hydrogen) atoms. The number of halogens is 2. The number of likely N-dealkylation sites (N-methyl/N-ethyl adjacent to an activating group) is 1. The third-order valence-corrected chi connectivity index (χ3v) is 4.08. The minimum Gasteiger partial charge on any atom is -0.482 e. The van der Waals surface area contributed by atoms with Gasteiger partial charge in [0.05, 0.1) is 11.6 Å². The molecule has 2 amide bonds. The highest BCUT2D eigenvalue weighted by Gasteiger charge is 2.19. The molecule has 0 radical (unpaired) electrons. The summed E-state index contributed by atoms with van der Waals surface area (Å²) in [5, 5.41) is 3.38. The van der Waals surface area contributed by atoms with Gasteiger partial charge in [-0.25, -0.2) is 0 Å². The SMILES string of the molecule is CN1CCN(C(=O)CNC(=O)COc2ccc(Cl)cc2Cl)CC1. The molecule has 0 saturated carbocycles. The van der Waals surface area contributed by atoms with Gasteiger partial charge in [-0.05, 0) is 25.2 Å². The molecule has 2 rings (SSSR count). The summed E-state index contributed by atoms with van der Waals surface area (Å²) in [7, 11) is 2.02. The number of amides is 2. The fourth-order valence-corrected chi connectivity index (χ4v) is 2.59. The largest absolute Gasteiger partial charge is 0.482 e. The predicted molar refractivity (Wildman–Crippen MR) is 89.0 cm³/mol. The maximum Gasteiger partial charge on any atom is 0.258 e. The fourth-order valence-electron chi connectivity index (χ4n) is 2.13. The second-order valence-electron chi connectivity index (χ2n) is 5.32. The van der Waals surface area contributed by atoms with Crippen LogP contribution in [0.4, 0.5) is 0 Å². The minimum atomic E-state index is -0.376. The summed E-state index contributed by atoms with van der Waals surface area (Å²) in [4.78, 5) is 27.6. The van der Waals surface area contributed by atoms with E-state index in [9.17, 15) is 9.59 Å². The van der Waals surface area contributed by atoms with Crippen LogP contribution in [-0.2, 0) is 9.59 Å². The van der Waals surface area contributed by atoms with Gasteiger partial charge in [0.25, 0.3) is 5.91 Å². The van der Waals surface area contributed by atoms with E-state index in [1.54, 1.807) is 17.0 Å². The Hall–Kier alpha value is -1.50. The molecule has 0 spiro atoms. The molecule has 1 aliphatic rings. The van der Waals surface area contributed by atoms with Crippen molar-refractivity contribution in [3.8, 4) is 5.75 Å². The number of rotatable bonds is 5. The van der Waals surface area contributed by atoms with Crippen LogP contribution in [0.25, 0.3) is 0 Å². The quantitative estimate of drug-likeness (QED) is 0.859. The first-order valence-electron chi connectivity index (χ1n) is 7.26. The van der Waals surface area contributed by atoms with Crippen molar-refractivity contribution in [2.24, 2.45) is 0 Å². The summed E-state index contributed by atoms with van der Waals surface area (Å²) in [5.74, 6) is -0.0916. The first-order valence-corrected chi connectivity index (χ1v) is 8.02. The second kappa shape index (κ2) is 8.38. The van der Waals surface area contributed by atoms with Gasteiger partial charge in [0.2, 0.25) is 5.91 Å². The average molecular weight is 360 g/mol. The molecule has 1 fully saturated rings. The lowest BCUT2D eigenvalue weighted by molar-refractivity contribution is -0.134. The Morgan fingerprint density at radius 3 is 2.57 bits per heavy atom. The molecule has 0 aliphatic carbocycles. The fraction of sp³-hybridized carbons (Fsp3) is 0.467. The Morgan fingerprint density at radius 2 is 1.91 bits per heavy atom. The standard InChI is InChI=1S/C15H19Cl2N3O3/c1-19-4-6-20(7-5-19)15(22)9-18-14(21)10-23-13-3-2-11(16)8-12(13)17/h2-3,8H,4-7,9-10H2,1H3,(H,18,21). The Morgan fingerprint density at radius 1 is 1.22 bits per heavy atom. The highest BCUT2D eigenvalue weighted by molar-refractivity contribution is 6.35. The van der Waals surface area contributed by atoms with Crippen LogP contribution in [0, 0.1) is 0 Å². The van der Waals surface area contributed by atoms with E-state index in [1.165, 1.54) is 6.07 Å². The number of hydrogen-bond acceptors (Lipinski definition) is 4. The van der Waals surface area contributed by atoms with Crippen LogP contribution in [0.15, 0.2) is 18.2 Å². The molecule has 0 unspecified atom stereocenters. The lowest BCUT2D eigenvalue weighted by Gasteiger charge is -2.32. The lowest BCUT2D eigenvalue weighted by atomic mass is 10.3. The van der Waals surface area contributed by atoms with Crippen LogP contribution < -0.4 is 10.1 Å². The summed E-state index contributed by atoms with van der Waals surface area (Å²) >= 11 is 11.7. The molecule has 0 atom stereocenters. The van der Waals surface area contributed by atoms with Gasteiger partial charge in [0.15, 0.2) is 6.61 Å². The highest BCUT2D eigenvalue weighted by Crippen LogP contribution is 2.27. The summed E-state index contributed by atoms with van der Waals surface area (Å²) in [6.45, 7) is 2.82. The third kappa shape index (κ3) is 5.57. The first kappa shape index (κ1) is 17.8. The van der Waals surface area contributed by atoms with Gasteiger partial charge in [-0.15, -0.1) is 0 Å². The smallest absolute Gasteiger partial charge is 0.258 e. The summed E-state index contributed by atoms with van der Waals surface area (Å²) in [6.07, 6.45) is 0. The second-order valence-corrected chi connectivity index (χ2v) is 6.17. The number of carbonyl (C=O) groups is 2. The lowest BCUT2D eigenvalue weighted by Crippen LogP contribution is -2.50. The molecule has 1 aromatic carbocycles. The highest BCUT2D eigenvalue weighted by atomic mass is 35.5. The van der Waals surface area contributed by atoms with Crippen molar-refractivity contribution < 1.29 is 14.3 Å². The van der Waals surface area contributed by atoms with Crippen LogP contribution in [-0.4, -0.2) is 68.0 Å². The zero-order chi connectivity index (χ0) is 16.8. The zero-order valence-corrected chi connectivity index (χ0v) is 14.4. The molecule has 1 heterocycles. The van der Waals surface area contributed by atoms with Gasteiger partial charge >= 0.3 is 0 Å². The minimum absolute atomic E-state index is 0.0275. The number of carbonyl (C=O) groups excluding carboxylic acids is 2. The molecule has 1 N–H and O–H groups in total. The molecular weight excluding hydrogens is 341 g/mol. The van der Waals surface area contributed by atoms with E-state index in [-0.39, 0.29) is 25.0 Å². The van der Waals surface area contributed by atoms with Gasteiger partial charge in [-0.1, -0.05) is 23.2 Å². The maximum atomic E-state index is 12.0. The van der Waals surface area contributed by atoms with Crippen molar-refractivity contribution in [3.63, 3.8) is 0 Å². The van der Waals surface area contributed by atoms with Crippen molar-refractivity contribution in [1.29, 1.82) is 0 Å². The van der Waals surface area contributed by atoms with Gasteiger partial charge in [-0.3, -0.25) is 9.59 Å². The Kier molecular flexibility index (Phi) is 6.50. The zero-order valence-electron chi connectivity index (χ0n) is 12.8. The van der Waals surface area contributed by atoms with Gasteiger partial charge in [0, 0.05) is 31.2 Å². The van der Waals surface area contributed by atoms with E-state index in [0.717, 1.165) is 13.1 Å². The topological polar surface area (TPSA) is 61.9 Å². The molecule has 1 aliphatic heterocycles. The van der Waals surface area contributed by atoms with Crippen LogP contribution in [0.2, 0.25) is 10.0 Å². The Bertz CT molecular complexity index is 575. The number of nitrogens with one attached hydrogen (secondary N) is 1. The normalized spacial score (nSPS) is 15.3. The number of benzene rings is 1. The molecule has 0 aromatic heterocycles. The van der Waals surface area contributed by atoms with Crippen molar-refractivity contribution >= 4 is 35.0 Å². The number of hydrogen-bond donors (Lipinski definition) is 1. The van der Waals surface area contributed by atoms with Crippen LogP contribution in [0.5, 0.6) is 5.75 Å². The van der Waals surface area contributed by atoms with E-state index >= 15 is 0 Å². The van der Waals surface area contributed by atoms with E-state index in [2.05, 4.69) is 10.2 Å². The summed E-state index contributed by atoms with van der Waals surface area (Å²) in [6, 6.07) is 4.75. The van der Waals surface area contributed by atoms with Gasteiger partial charge < -0.3 is 19.9 Å². The molecule has 0 bridgehead atoms. The number of ether oxygens (including phenoxy) is 1. The van der Waals surface area contributed by atoms with E-state index < -0.39 is 0 Å². The Balaban J connectivity index is 1.71. The van der Waals surface area contributed by atoms with Crippen LogP contribution in [0.3, 0.4) is 0 Å². The molecule has 126 valence electrons. The molecule has 1 saturated heterocycles. The molecular formula is C15H19Cl2N3O3. The maximum absolute atomic E-state index is 12.0.